The highest BCUT2D eigenvalue weighted by Gasteiger charge is 2.14. The molecule has 0 saturated carbocycles. The number of ether oxygens (including phenoxy) is 2. The van der Waals surface area contributed by atoms with Crippen molar-refractivity contribution in [2.75, 3.05) is 7.11 Å². The summed E-state index contributed by atoms with van der Waals surface area (Å²) in [4.78, 5) is 7.95. The predicted molar refractivity (Wildman–Crippen MR) is 74.9 cm³/mol. The first-order valence-electron chi connectivity index (χ1n) is 5.22. The fraction of sp³-hybridized carbons (Fsp3) is 0.167. The molecule has 1 heterocycles. The van der Waals surface area contributed by atoms with Crippen LogP contribution in [0.3, 0.4) is 0 Å². The molecule has 1 aromatic carbocycles. The van der Waals surface area contributed by atoms with E-state index in [1.165, 1.54) is 0 Å². The largest absolute Gasteiger partial charge is 0.497 e. The molecular weight excluding hydrogens is 311 g/mol. The zero-order valence-corrected chi connectivity index (χ0v) is 12.3. The Morgan fingerprint density at radius 2 is 1.68 bits per heavy atom. The number of methoxy groups -OCH3 is 1. The Balaban J connectivity index is 2.41. The van der Waals surface area contributed by atoms with Gasteiger partial charge in [-0.1, -0.05) is 34.8 Å². The van der Waals surface area contributed by atoms with Gasteiger partial charge in [0.1, 0.15) is 17.3 Å². The number of halogens is 3. The second-order valence-corrected chi connectivity index (χ2v) is 4.70. The Morgan fingerprint density at radius 1 is 1.05 bits per heavy atom. The highest BCUT2D eigenvalue weighted by atomic mass is 35.5. The second kappa shape index (κ2) is 5.82. The molecule has 100 valence electrons. The number of aromatic nitrogens is 2. The second-order valence-electron chi connectivity index (χ2n) is 3.58. The van der Waals surface area contributed by atoms with E-state index in [9.17, 15) is 0 Å². The normalized spacial score (nSPS) is 10.4. The predicted octanol–water partition coefficient (Wildman–Crippen LogP) is 4.55. The molecule has 0 bridgehead atoms. The van der Waals surface area contributed by atoms with Crippen molar-refractivity contribution >= 4 is 34.8 Å². The summed E-state index contributed by atoms with van der Waals surface area (Å²) in [7, 11) is 1.54. The van der Waals surface area contributed by atoms with Gasteiger partial charge in [-0.25, -0.2) is 9.97 Å². The average Bonchev–Trinajstić information content (AvgIpc) is 2.35. The summed E-state index contributed by atoms with van der Waals surface area (Å²) in [6, 6.07) is 4.98. The van der Waals surface area contributed by atoms with Gasteiger partial charge in [-0.2, -0.15) is 0 Å². The van der Waals surface area contributed by atoms with E-state index in [0.29, 0.717) is 22.3 Å². The molecular formula is C12H9Cl3N2O2. The monoisotopic (exact) mass is 318 g/mol. The fourth-order valence-corrected chi connectivity index (χ4v) is 2.08. The van der Waals surface area contributed by atoms with Gasteiger partial charge in [0.15, 0.2) is 10.3 Å². The maximum absolute atomic E-state index is 6.03. The smallest absolute Gasteiger partial charge is 0.202 e. The first-order chi connectivity index (χ1) is 9.01. The molecule has 0 saturated heterocycles. The van der Waals surface area contributed by atoms with E-state index < -0.39 is 0 Å². The molecule has 0 radical (unpaired) electrons. The van der Waals surface area contributed by atoms with Gasteiger partial charge in [0.2, 0.25) is 5.75 Å². The minimum absolute atomic E-state index is 0.122. The molecule has 0 amide bonds. The third kappa shape index (κ3) is 3.21. The highest BCUT2D eigenvalue weighted by Crippen LogP contribution is 2.38. The van der Waals surface area contributed by atoms with Gasteiger partial charge < -0.3 is 9.47 Å². The van der Waals surface area contributed by atoms with E-state index in [1.807, 2.05) is 0 Å². The number of benzene rings is 1. The SMILES string of the molecule is COc1ccc(Cl)c(Oc2c(Cl)nc(C)nc2Cl)c1. The lowest BCUT2D eigenvalue weighted by Crippen LogP contribution is -1.95. The molecule has 2 rings (SSSR count). The van der Waals surface area contributed by atoms with Gasteiger partial charge >= 0.3 is 0 Å². The van der Waals surface area contributed by atoms with Crippen LogP contribution in [0.4, 0.5) is 0 Å². The molecule has 19 heavy (non-hydrogen) atoms. The zero-order chi connectivity index (χ0) is 14.0. The molecule has 2 aromatic rings. The number of aryl methyl sites for hydroxylation is 1. The fourth-order valence-electron chi connectivity index (χ4n) is 1.38. The standard InChI is InChI=1S/C12H9Cl3N2O2/c1-6-16-11(14)10(12(15)17-6)19-9-5-7(18-2)3-4-8(9)13/h3-5H,1-2H3. The topological polar surface area (TPSA) is 44.2 Å². The number of hydrogen-bond acceptors (Lipinski definition) is 4. The zero-order valence-electron chi connectivity index (χ0n) is 10.1. The Morgan fingerprint density at radius 3 is 2.26 bits per heavy atom. The van der Waals surface area contributed by atoms with Crippen LogP contribution in [0, 0.1) is 6.92 Å². The molecule has 0 spiro atoms. The molecule has 7 heteroatoms. The molecule has 4 nitrogen and oxygen atoms in total. The molecule has 1 aromatic heterocycles. The first kappa shape index (κ1) is 14.2. The molecule has 0 unspecified atom stereocenters. The molecule has 0 atom stereocenters. The summed E-state index contributed by atoms with van der Waals surface area (Å²) >= 11 is 18.0. The van der Waals surface area contributed by atoms with Gasteiger partial charge in [-0.15, -0.1) is 0 Å². The van der Waals surface area contributed by atoms with Gasteiger partial charge in [0.05, 0.1) is 12.1 Å². The molecule has 0 aliphatic carbocycles. The third-order valence-electron chi connectivity index (χ3n) is 2.25. The maximum Gasteiger partial charge on any atom is 0.202 e. The highest BCUT2D eigenvalue weighted by molar-refractivity contribution is 6.36. The van der Waals surface area contributed by atoms with Crippen molar-refractivity contribution in [3.8, 4) is 17.2 Å². The van der Waals surface area contributed by atoms with E-state index in [1.54, 1.807) is 32.2 Å². The lowest BCUT2D eigenvalue weighted by Gasteiger charge is -2.11. The summed E-state index contributed by atoms with van der Waals surface area (Å²) < 4.78 is 10.7. The van der Waals surface area contributed by atoms with E-state index >= 15 is 0 Å². The van der Waals surface area contributed by atoms with Crippen LogP contribution in [0.2, 0.25) is 15.3 Å². The van der Waals surface area contributed by atoms with E-state index in [2.05, 4.69) is 9.97 Å². The Bertz CT molecular complexity index is 597. The van der Waals surface area contributed by atoms with Crippen molar-refractivity contribution in [2.24, 2.45) is 0 Å². The third-order valence-corrected chi connectivity index (χ3v) is 3.07. The van der Waals surface area contributed by atoms with Crippen molar-refractivity contribution in [3.63, 3.8) is 0 Å². The van der Waals surface area contributed by atoms with Crippen LogP contribution >= 0.6 is 34.8 Å². The van der Waals surface area contributed by atoms with Crippen LogP contribution in [0.15, 0.2) is 18.2 Å². The average molecular weight is 320 g/mol. The number of nitrogens with zero attached hydrogens (tertiary/aromatic N) is 2. The number of rotatable bonds is 3. The van der Waals surface area contributed by atoms with Crippen molar-refractivity contribution in [3.05, 3.63) is 39.4 Å². The van der Waals surface area contributed by atoms with Crippen LogP contribution in [0.1, 0.15) is 5.82 Å². The van der Waals surface area contributed by atoms with Gasteiger partial charge in [0, 0.05) is 6.07 Å². The van der Waals surface area contributed by atoms with E-state index in [-0.39, 0.29) is 16.1 Å². The first-order valence-corrected chi connectivity index (χ1v) is 6.35. The van der Waals surface area contributed by atoms with Gasteiger partial charge in [0.25, 0.3) is 0 Å². The summed E-state index contributed by atoms with van der Waals surface area (Å²) in [5, 5.41) is 0.640. The Kier molecular flexibility index (Phi) is 4.34. The van der Waals surface area contributed by atoms with Crippen LogP contribution in [0.25, 0.3) is 0 Å². The maximum atomic E-state index is 6.03. The Labute approximate surface area is 125 Å². The number of hydrogen-bond donors (Lipinski definition) is 0. The van der Waals surface area contributed by atoms with Crippen molar-refractivity contribution in [2.45, 2.75) is 6.92 Å². The minimum Gasteiger partial charge on any atom is -0.497 e. The van der Waals surface area contributed by atoms with Crippen LogP contribution in [0.5, 0.6) is 17.2 Å². The van der Waals surface area contributed by atoms with Crippen molar-refractivity contribution in [1.29, 1.82) is 0 Å². The summed E-state index contributed by atoms with van der Waals surface area (Å²) in [5.41, 5.74) is 0. The lowest BCUT2D eigenvalue weighted by molar-refractivity contribution is 0.408. The van der Waals surface area contributed by atoms with Gasteiger partial charge in [-0.3, -0.25) is 0 Å². The molecule has 0 aliphatic heterocycles. The summed E-state index contributed by atoms with van der Waals surface area (Å²) in [5.74, 6) is 1.57. The Hall–Kier alpha value is -1.23. The summed E-state index contributed by atoms with van der Waals surface area (Å²) in [6.07, 6.45) is 0. The quantitative estimate of drug-likeness (QED) is 0.779. The molecule has 0 fully saturated rings. The van der Waals surface area contributed by atoms with Crippen LogP contribution in [-0.2, 0) is 0 Å². The van der Waals surface area contributed by atoms with E-state index in [4.69, 9.17) is 44.3 Å². The van der Waals surface area contributed by atoms with Crippen molar-refractivity contribution < 1.29 is 9.47 Å². The minimum atomic E-state index is 0.122. The molecule has 0 aliphatic rings. The summed E-state index contributed by atoms with van der Waals surface area (Å²) in [6.45, 7) is 1.68. The van der Waals surface area contributed by atoms with Crippen LogP contribution in [-0.4, -0.2) is 17.1 Å². The molecule has 0 N–H and O–H groups in total. The van der Waals surface area contributed by atoms with Crippen LogP contribution < -0.4 is 9.47 Å². The lowest BCUT2D eigenvalue weighted by atomic mass is 10.3. The van der Waals surface area contributed by atoms with E-state index in [0.717, 1.165) is 0 Å². The van der Waals surface area contributed by atoms with Crippen molar-refractivity contribution in [1.82, 2.24) is 9.97 Å². The van der Waals surface area contributed by atoms with Gasteiger partial charge in [-0.05, 0) is 19.1 Å².